The molecular formula is C11H13BrN4O. The van der Waals surface area contributed by atoms with Gasteiger partial charge in [-0.25, -0.2) is 0 Å². The van der Waals surface area contributed by atoms with Crippen LogP contribution in [0.15, 0.2) is 21.3 Å². The largest absolute Gasteiger partial charge is 0.357 e. The highest BCUT2D eigenvalue weighted by atomic mass is 79.9. The average molecular weight is 297 g/mol. The second kappa shape index (κ2) is 4.62. The van der Waals surface area contributed by atoms with Gasteiger partial charge in [0.15, 0.2) is 0 Å². The van der Waals surface area contributed by atoms with Crippen molar-refractivity contribution in [3.8, 4) is 11.5 Å². The molecule has 2 aromatic rings. The standard InChI is InChI=1S/C11H13BrN4O/c12-8-4-9(14-6-8)10-15-11(17-16-10)7-2-1-3-13-5-7/h4,6-7,13-14H,1-3,5H2. The molecule has 0 aromatic carbocycles. The molecular weight excluding hydrogens is 284 g/mol. The molecule has 1 unspecified atom stereocenters. The summed E-state index contributed by atoms with van der Waals surface area (Å²) in [5.41, 5.74) is 0.871. The van der Waals surface area contributed by atoms with E-state index in [9.17, 15) is 0 Å². The number of nitrogens with zero attached hydrogens (tertiary/aromatic N) is 2. The van der Waals surface area contributed by atoms with Crippen molar-refractivity contribution in [1.29, 1.82) is 0 Å². The lowest BCUT2D eigenvalue weighted by Gasteiger charge is -2.18. The Labute approximate surface area is 107 Å². The lowest BCUT2D eigenvalue weighted by atomic mass is 10.00. The van der Waals surface area contributed by atoms with Crippen molar-refractivity contribution in [3.63, 3.8) is 0 Å². The molecule has 17 heavy (non-hydrogen) atoms. The van der Waals surface area contributed by atoms with Crippen LogP contribution in [0.2, 0.25) is 0 Å². The molecule has 0 aliphatic carbocycles. The number of aromatic amines is 1. The minimum Gasteiger partial charge on any atom is -0.357 e. The quantitative estimate of drug-likeness (QED) is 0.892. The maximum atomic E-state index is 5.33. The summed E-state index contributed by atoms with van der Waals surface area (Å²) >= 11 is 3.39. The molecule has 5 nitrogen and oxygen atoms in total. The van der Waals surface area contributed by atoms with Gasteiger partial charge in [-0.15, -0.1) is 0 Å². The van der Waals surface area contributed by atoms with Crippen LogP contribution < -0.4 is 5.32 Å². The highest BCUT2D eigenvalue weighted by molar-refractivity contribution is 9.10. The molecule has 0 spiro atoms. The SMILES string of the molecule is Brc1c[nH]c(-c2noc(C3CCCNC3)n2)c1. The van der Waals surface area contributed by atoms with Gasteiger partial charge in [-0.1, -0.05) is 5.16 Å². The number of nitrogens with one attached hydrogen (secondary N) is 2. The van der Waals surface area contributed by atoms with E-state index in [0.717, 1.165) is 42.0 Å². The summed E-state index contributed by atoms with van der Waals surface area (Å²) < 4.78 is 6.32. The number of rotatable bonds is 2. The summed E-state index contributed by atoms with van der Waals surface area (Å²) in [5.74, 6) is 1.71. The number of piperidine rings is 1. The van der Waals surface area contributed by atoms with Crippen LogP contribution >= 0.6 is 15.9 Å². The highest BCUT2D eigenvalue weighted by Crippen LogP contribution is 2.25. The van der Waals surface area contributed by atoms with E-state index in [1.54, 1.807) is 0 Å². The van der Waals surface area contributed by atoms with E-state index in [1.165, 1.54) is 0 Å². The van der Waals surface area contributed by atoms with E-state index in [4.69, 9.17) is 4.52 Å². The van der Waals surface area contributed by atoms with Crippen LogP contribution in [0, 0.1) is 0 Å². The zero-order chi connectivity index (χ0) is 11.7. The van der Waals surface area contributed by atoms with Gasteiger partial charge in [-0.3, -0.25) is 0 Å². The molecule has 0 amide bonds. The summed E-state index contributed by atoms with van der Waals surface area (Å²) in [6.45, 7) is 2.01. The van der Waals surface area contributed by atoms with E-state index >= 15 is 0 Å². The van der Waals surface area contributed by atoms with Crippen LogP contribution in [-0.2, 0) is 0 Å². The lowest BCUT2D eigenvalue weighted by Crippen LogP contribution is -2.28. The smallest absolute Gasteiger partial charge is 0.231 e. The van der Waals surface area contributed by atoms with E-state index < -0.39 is 0 Å². The minimum absolute atomic E-state index is 0.350. The second-order valence-electron chi connectivity index (χ2n) is 4.23. The average Bonchev–Trinajstić information content (AvgIpc) is 2.98. The first kappa shape index (κ1) is 11.0. The van der Waals surface area contributed by atoms with Crippen molar-refractivity contribution in [2.24, 2.45) is 0 Å². The van der Waals surface area contributed by atoms with Crippen molar-refractivity contribution < 1.29 is 4.52 Å². The van der Waals surface area contributed by atoms with E-state index in [-0.39, 0.29) is 0 Å². The summed E-state index contributed by atoms with van der Waals surface area (Å²) in [6, 6.07) is 1.94. The van der Waals surface area contributed by atoms with Crippen LogP contribution in [0.1, 0.15) is 24.7 Å². The fraction of sp³-hybridized carbons (Fsp3) is 0.455. The summed E-state index contributed by atoms with van der Waals surface area (Å²) in [4.78, 5) is 7.54. The van der Waals surface area contributed by atoms with Gasteiger partial charge in [0, 0.05) is 17.2 Å². The van der Waals surface area contributed by atoms with Crippen LogP contribution in [0.4, 0.5) is 0 Å². The van der Waals surface area contributed by atoms with Crippen LogP contribution in [0.5, 0.6) is 0 Å². The Morgan fingerprint density at radius 1 is 1.47 bits per heavy atom. The van der Waals surface area contributed by atoms with E-state index in [0.29, 0.717) is 11.7 Å². The molecule has 2 aromatic heterocycles. The van der Waals surface area contributed by atoms with Crippen molar-refractivity contribution in [2.75, 3.05) is 13.1 Å². The number of halogens is 1. The van der Waals surface area contributed by atoms with Gasteiger partial charge in [0.2, 0.25) is 11.7 Å². The first-order chi connectivity index (χ1) is 8.33. The predicted octanol–water partition coefficient (Wildman–Crippen LogP) is 2.29. The Morgan fingerprint density at radius 3 is 3.12 bits per heavy atom. The van der Waals surface area contributed by atoms with Crippen molar-refractivity contribution >= 4 is 15.9 Å². The second-order valence-corrected chi connectivity index (χ2v) is 5.15. The first-order valence-electron chi connectivity index (χ1n) is 5.71. The number of aromatic nitrogens is 3. The molecule has 0 radical (unpaired) electrons. The molecule has 6 heteroatoms. The van der Waals surface area contributed by atoms with Crippen molar-refractivity contribution in [2.45, 2.75) is 18.8 Å². The molecule has 1 aliphatic rings. The maximum Gasteiger partial charge on any atom is 0.231 e. The van der Waals surface area contributed by atoms with Gasteiger partial charge in [0.05, 0.1) is 11.6 Å². The predicted molar refractivity (Wildman–Crippen MR) is 66.6 cm³/mol. The molecule has 3 heterocycles. The maximum absolute atomic E-state index is 5.33. The molecule has 1 atom stereocenters. The highest BCUT2D eigenvalue weighted by Gasteiger charge is 2.21. The van der Waals surface area contributed by atoms with Crippen molar-refractivity contribution in [1.82, 2.24) is 20.4 Å². The summed E-state index contributed by atoms with van der Waals surface area (Å²) in [6.07, 6.45) is 4.13. The fourth-order valence-electron chi connectivity index (χ4n) is 2.07. The topological polar surface area (TPSA) is 66.7 Å². The van der Waals surface area contributed by atoms with Crippen LogP contribution in [-0.4, -0.2) is 28.2 Å². The Balaban J connectivity index is 1.82. The zero-order valence-corrected chi connectivity index (χ0v) is 10.8. The third kappa shape index (κ3) is 2.28. The van der Waals surface area contributed by atoms with Crippen LogP contribution in [0.3, 0.4) is 0 Å². The van der Waals surface area contributed by atoms with Gasteiger partial charge in [0.1, 0.15) is 0 Å². The molecule has 2 N–H and O–H groups in total. The molecule has 1 fully saturated rings. The first-order valence-corrected chi connectivity index (χ1v) is 6.51. The zero-order valence-electron chi connectivity index (χ0n) is 9.24. The molecule has 3 rings (SSSR count). The van der Waals surface area contributed by atoms with Gasteiger partial charge in [0.25, 0.3) is 0 Å². The number of hydrogen-bond donors (Lipinski definition) is 2. The molecule has 90 valence electrons. The summed E-state index contributed by atoms with van der Waals surface area (Å²) in [7, 11) is 0. The van der Waals surface area contributed by atoms with E-state index in [2.05, 4.69) is 36.4 Å². The number of hydrogen-bond acceptors (Lipinski definition) is 4. The Morgan fingerprint density at radius 2 is 2.41 bits per heavy atom. The Bertz CT molecular complexity index is 501. The van der Waals surface area contributed by atoms with Gasteiger partial charge in [-0.2, -0.15) is 4.98 Å². The van der Waals surface area contributed by atoms with Gasteiger partial charge in [-0.05, 0) is 41.4 Å². The number of H-pyrrole nitrogens is 1. The van der Waals surface area contributed by atoms with Crippen molar-refractivity contribution in [3.05, 3.63) is 22.6 Å². The molecule has 0 bridgehead atoms. The Kier molecular flexibility index (Phi) is 2.98. The minimum atomic E-state index is 0.350. The Hall–Kier alpha value is -1.14. The molecule has 0 saturated carbocycles. The lowest BCUT2D eigenvalue weighted by molar-refractivity contribution is 0.322. The molecule has 1 aliphatic heterocycles. The third-order valence-corrected chi connectivity index (χ3v) is 3.43. The van der Waals surface area contributed by atoms with Gasteiger partial charge < -0.3 is 14.8 Å². The monoisotopic (exact) mass is 296 g/mol. The van der Waals surface area contributed by atoms with Gasteiger partial charge >= 0.3 is 0 Å². The fourth-order valence-corrected chi connectivity index (χ4v) is 2.41. The summed E-state index contributed by atoms with van der Waals surface area (Å²) in [5, 5.41) is 7.35. The van der Waals surface area contributed by atoms with E-state index in [1.807, 2.05) is 12.3 Å². The third-order valence-electron chi connectivity index (χ3n) is 2.98. The molecule has 1 saturated heterocycles. The van der Waals surface area contributed by atoms with Crippen LogP contribution in [0.25, 0.3) is 11.5 Å². The normalized spacial score (nSPS) is 20.6.